The largest absolute Gasteiger partial charge is 0.382 e. The van der Waals surface area contributed by atoms with Gasteiger partial charge in [0.2, 0.25) is 0 Å². The lowest BCUT2D eigenvalue weighted by Gasteiger charge is -2.22. The van der Waals surface area contributed by atoms with E-state index < -0.39 is 10.8 Å². The summed E-state index contributed by atoms with van der Waals surface area (Å²) in [4.78, 5) is 16.5. The highest BCUT2D eigenvalue weighted by molar-refractivity contribution is 7.85. The van der Waals surface area contributed by atoms with Crippen molar-refractivity contribution in [2.75, 3.05) is 29.6 Å². The molecule has 8 heteroatoms. The van der Waals surface area contributed by atoms with E-state index in [0.29, 0.717) is 21.5 Å². The fourth-order valence-electron chi connectivity index (χ4n) is 1.79. The smallest absolute Gasteiger partial charge is 0.265 e. The Bertz CT molecular complexity index is 464. The summed E-state index contributed by atoms with van der Waals surface area (Å²) >= 11 is 1.24. The highest BCUT2D eigenvalue weighted by atomic mass is 32.2. The number of carbonyl (C=O) groups is 1. The lowest BCUT2D eigenvalue weighted by atomic mass is 10.1. The third-order valence-corrected chi connectivity index (χ3v) is 5.27. The molecule has 0 unspecified atom stereocenters. The van der Waals surface area contributed by atoms with Crippen LogP contribution in [0.3, 0.4) is 0 Å². The standard InChI is InChI=1S/C10H16N4O2S2/c1-12-10-14-8(11)7(17-10)9(15)13-6-2-4-18(16)5-3-6/h6H,2-5,11H2,1H3,(H,12,14)(H,13,15). The first-order valence-electron chi connectivity index (χ1n) is 5.70. The second-order valence-electron chi connectivity index (χ2n) is 4.08. The number of amides is 1. The van der Waals surface area contributed by atoms with Crippen LogP contribution in [0.1, 0.15) is 22.5 Å². The molecule has 1 aliphatic rings. The number of anilines is 2. The number of nitrogens with two attached hydrogens (primary N) is 1. The Morgan fingerprint density at radius 1 is 1.50 bits per heavy atom. The Balaban J connectivity index is 1.98. The molecule has 1 aliphatic heterocycles. The van der Waals surface area contributed by atoms with Gasteiger partial charge in [-0.15, -0.1) is 0 Å². The Morgan fingerprint density at radius 2 is 2.17 bits per heavy atom. The van der Waals surface area contributed by atoms with Crippen LogP contribution in [0.4, 0.5) is 10.9 Å². The normalized spacial score (nSPS) is 23.6. The first kappa shape index (κ1) is 13.3. The van der Waals surface area contributed by atoms with Crippen LogP contribution < -0.4 is 16.4 Å². The molecule has 1 aromatic rings. The molecule has 1 fully saturated rings. The van der Waals surface area contributed by atoms with Gasteiger partial charge in [0, 0.05) is 35.4 Å². The first-order valence-corrected chi connectivity index (χ1v) is 8.00. The zero-order valence-electron chi connectivity index (χ0n) is 10.1. The van der Waals surface area contributed by atoms with Crippen LogP contribution in [0.2, 0.25) is 0 Å². The number of rotatable bonds is 3. The quantitative estimate of drug-likeness (QED) is 0.748. The molecule has 6 nitrogen and oxygen atoms in total. The molecule has 2 rings (SSSR count). The number of carbonyl (C=O) groups excluding carboxylic acids is 1. The zero-order chi connectivity index (χ0) is 13.1. The van der Waals surface area contributed by atoms with Crippen molar-refractivity contribution in [3.8, 4) is 0 Å². The van der Waals surface area contributed by atoms with E-state index in [9.17, 15) is 9.00 Å². The van der Waals surface area contributed by atoms with Gasteiger partial charge < -0.3 is 16.4 Å². The number of thiazole rings is 1. The van der Waals surface area contributed by atoms with Crippen LogP contribution in [-0.2, 0) is 10.8 Å². The molecule has 0 aromatic carbocycles. The molecular formula is C10H16N4O2S2. The van der Waals surface area contributed by atoms with Crippen molar-refractivity contribution in [1.29, 1.82) is 0 Å². The van der Waals surface area contributed by atoms with E-state index in [1.165, 1.54) is 11.3 Å². The highest BCUT2D eigenvalue weighted by Crippen LogP contribution is 2.24. The number of nitrogens with one attached hydrogen (secondary N) is 2. The van der Waals surface area contributed by atoms with E-state index in [2.05, 4.69) is 15.6 Å². The fraction of sp³-hybridized carbons (Fsp3) is 0.600. The number of hydrogen-bond donors (Lipinski definition) is 3. The van der Waals surface area contributed by atoms with E-state index in [-0.39, 0.29) is 17.8 Å². The maximum Gasteiger partial charge on any atom is 0.265 e. The van der Waals surface area contributed by atoms with Crippen LogP contribution >= 0.6 is 11.3 Å². The summed E-state index contributed by atoms with van der Waals surface area (Å²) < 4.78 is 11.2. The maximum atomic E-state index is 12.0. The molecule has 1 saturated heterocycles. The average molecular weight is 288 g/mol. The predicted molar refractivity (Wildman–Crippen MR) is 74.4 cm³/mol. The summed E-state index contributed by atoms with van der Waals surface area (Å²) in [6, 6.07) is 0.0923. The summed E-state index contributed by atoms with van der Waals surface area (Å²) in [6.45, 7) is 0. The Kier molecular flexibility index (Phi) is 4.18. The van der Waals surface area contributed by atoms with Gasteiger partial charge in [0.05, 0.1) is 0 Å². The highest BCUT2D eigenvalue weighted by Gasteiger charge is 2.22. The van der Waals surface area contributed by atoms with Gasteiger partial charge >= 0.3 is 0 Å². The van der Waals surface area contributed by atoms with Crippen molar-refractivity contribution in [2.24, 2.45) is 0 Å². The van der Waals surface area contributed by atoms with Crippen molar-refractivity contribution in [3.63, 3.8) is 0 Å². The lowest BCUT2D eigenvalue weighted by Crippen LogP contribution is -2.39. The van der Waals surface area contributed by atoms with Crippen molar-refractivity contribution in [3.05, 3.63) is 4.88 Å². The van der Waals surface area contributed by atoms with E-state index in [0.717, 1.165) is 12.8 Å². The molecule has 0 bridgehead atoms. The average Bonchev–Trinajstić information content (AvgIpc) is 2.73. The third kappa shape index (κ3) is 2.99. The van der Waals surface area contributed by atoms with Crippen LogP contribution in [0.5, 0.6) is 0 Å². The van der Waals surface area contributed by atoms with Gasteiger partial charge in [-0.1, -0.05) is 11.3 Å². The monoisotopic (exact) mass is 288 g/mol. The van der Waals surface area contributed by atoms with Gasteiger partial charge in [0.1, 0.15) is 10.7 Å². The summed E-state index contributed by atoms with van der Waals surface area (Å²) in [6.07, 6.45) is 1.52. The van der Waals surface area contributed by atoms with Crippen molar-refractivity contribution in [1.82, 2.24) is 10.3 Å². The van der Waals surface area contributed by atoms with Crippen LogP contribution in [0.15, 0.2) is 0 Å². The minimum Gasteiger partial charge on any atom is -0.382 e. The minimum absolute atomic E-state index is 0.0923. The summed E-state index contributed by atoms with van der Waals surface area (Å²) in [5.74, 6) is 1.38. The van der Waals surface area contributed by atoms with Gasteiger partial charge in [0.15, 0.2) is 5.13 Å². The molecule has 4 N–H and O–H groups in total. The second kappa shape index (κ2) is 5.66. The van der Waals surface area contributed by atoms with Crippen molar-refractivity contribution < 1.29 is 9.00 Å². The SMILES string of the molecule is CNc1nc(N)c(C(=O)NC2CCS(=O)CC2)s1. The van der Waals surface area contributed by atoms with Crippen LogP contribution in [0, 0.1) is 0 Å². The molecule has 0 saturated carbocycles. The topological polar surface area (TPSA) is 97.1 Å². The molecule has 2 heterocycles. The Morgan fingerprint density at radius 3 is 2.72 bits per heavy atom. The van der Waals surface area contributed by atoms with Gasteiger partial charge in [-0.3, -0.25) is 9.00 Å². The van der Waals surface area contributed by atoms with E-state index in [1.807, 2.05) is 0 Å². The van der Waals surface area contributed by atoms with Gasteiger partial charge in [-0.25, -0.2) is 4.98 Å². The van der Waals surface area contributed by atoms with E-state index in [4.69, 9.17) is 5.73 Å². The van der Waals surface area contributed by atoms with Gasteiger partial charge in [-0.05, 0) is 12.8 Å². The fourth-order valence-corrected chi connectivity index (χ4v) is 3.83. The zero-order valence-corrected chi connectivity index (χ0v) is 11.7. The molecule has 0 atom stereocenters. The maximum absolute atomic E-state index is 12.0. The van der Waals surface area contributed by atoms with E-state index in [1.54, 1.807) is 7.05 Å². The molecule has 0 radical (unpaired) electrons. The number of nitrogens with zero attached hydrogens (tertiary/aromatic N) is 1. The molecule has 0 spiro atoms. The summed E-state index contributed by atoms with van der Waals surface area (Å²) in [5.41, 5.74) is 5.69. The predicted octanol–water partition coefficient (Wildman–Crippen LogP) is 0.408. The number of aromatic nitrogens is 1. The molecule has 100 valence electrons. The molecule has 1 amide bonds. The second-order valence-corrected chi connectivity index (χ2v) is 6.77. The first-order chi connectivity index (χ1) is 8.60. The van der Waals surface area contributed by atoms with E-state index >= 15 is 0 Å². The third-order valence-electron chi connectivity index (χ3n) is 2.80. The van der Waals surface area contributed by atoms with Crippen molar-refractivity contribution in [2.45, 2.75) is 18.9 Å². The van der Waals surface area contributed by atoms with Crippen molar-refractivity contribution >= 4 is 39.0 Å². The Labute approximate surface area is 112 Å². The Hall–Kier alpha value is -1.15. The van der Waals surface area contributed by atoms with Gasteiger partial charge in [-0.2, -0.15) is 0 Å². The molecular weight excluding hydrogens is 272 g/mol. The molecule has 1 aromatic heterocycles. The lowest BCUT2D eigenvalue weighted by molar-refractivity contribution is 0.0939. The minimum atomic E-state index is -0.718. The number of nitrogen functional groups attached to an aromatic ring is 1. The molecule has 0 aliphatic carbocycles. The summed E-state index contributed by atoms with van der Waals surface area (Å²) in [7, 11) is 1.01. The molecule has 18 heavy (non-hydrogen) atoms. The van der Waals surface area contributed by atoms with Gasteiger partial charge in [0.25, 0.3) is 5.91 Å². The summed E-state index contributed by atoms with van der Waals surface area (Å²) in [5, 5.41) is 6.41. The number of hydrogen-bond acceptors (Lipinski definition) is 6. The van der Waals surface area contributed by atoms with Crippen LogP contribution in [-0.4, -0.2) is 39.7 Å². The van der Waals surface area contributed by atoms with Crippen LogP contribution in [0.25, 0.3) is 0 Å².